The molecule has 0 N–H and O–H groups in total. The molecule has 0 saturated heterocycles. The van der Waals surface area contributed by atoms with Crippen LogP contribution < -0.4 is 9.47 Å². The minimum absolute atomic E-state index is 0.0829. The summed E-state index contributed by atoms with van der Waals surface area (Å²) in [7, 11) is 1.60. The molecular formula is C22H15F2N3O2. The molecule has 4 rings (SSSR count). The fraction of sp³-hybridized carbons (Fsp3) is 0.0455. The molecule has 2 heterocycles. The molecule has 0 fully saturated rings. The Morgan fingerprint density at radius 1 is 0.793 bits per heavy atom. The van der Waals surface area contributed by atoms with E-state index < -0.39 is 11.6 Å². The van der Waals surface area contributed by atoms with Crippen molar-refractivity contribution in [2.45, 2.75) is 0 Å². The number of halogens is 2. The van der Waals surface area contributed by atoms with Crippen LogP contribution in [-0.4, -0.2) is 22.3 Å². The van der Waals surface area contributed by atoms with Crippen LogP contribution in [0, 0.1) is 11.6 Å². The van der Waals surface area contributed by atoms with E-state index in [1.807, 2.05) is 36.4 Å². The first-order valence-electron chi connectivity index (χ1n) is 8.69. The predicted molar refractivity (Wildman–Crippen MR) is 104 cm³/mol. The molecule has 0 spiro atoms. The van der Waals surface area contributed by atoms with Gasteiger partial charge in [0.25, 0.3) is 0 Å². The quantitative estimate of drug-likeness (QED) is 0.463. The average molecular weight is 391 g/mol. The fourth-order valence-electron chi connectivity index (χ4n) is 2.81. The first-order chi connectivity index (χ1) is 14.1. The number of rotatable bonds is 5. The number of benzene rings is 2. The maximum Gasteiger partial charge on any atom is 0.239 e. The lowest BCUT2D eigenvalue weighted by Gasteiger charge is -2.12. The lowest BCUT2D eigenvalue weighted by molar-refractivity contribution is 0.415. The van der Waals surface area contributed by atoms with Crippen LogP contribution in [0.4, 0.5) is 8.78 Å². The third kappa shape index (κ3) is 4.03. The van der Waals surface area contributed by atoms with Gasteiger partial charge in [-0.3, -0.25) is 4.98 Å². The van der Waals surface area contributed by atoms with Gasteiger partial charge in [0, 0.05) is 35.7 Å². The summed E-state index contributed by atoms with van der Waals surface area (Å²) < 4.78 is 37.8. The molecule has 2 aromatic carbocycles. The lowest BCUT2D eigenvalue weighted by Crippen LogP contribution is -1.98. The summed E-state index contributed by atoms with van der Waals surface area (Å²) in [6.07, 6.45) is 3.32. The van der Waals surface area contributed by atoms with Gasteiger partial charge < -0.3 is 9.47 Å². The molecule has 5 nitrogen and oxygen atoms in total. The van der Waals surface area contributed by atoms with Gasteiger partial charge in [-0.05, 0) is 54.1 Å². The second-order valence-corrected chi connectivity index (χ2v) is 6.09. The van der Waals surface area contributed by atoms with Crippen molar-refractivity contribution in [2.75, 3.05) is 7.11 Å². The summed E-state index contributed by atoms with van der Waals surface area (Å²) in [4.78, 5) is 4.04. The van der Waals surface area contributed by atoms with Crippen LogP contribution in [0.5, 0.6) is 17.4 Å². The molecule has 0 saturated carbocycles. The summed E-state index contributed by atoms with van der Waals surface area (Å²) in [5.41, 5.74) is 3.01. The van der Waals surface area contributed by atoms with Crippen molar-refractivity contribution in [1.82, 2.24) is 15.2 Å². The molecule has 0 unspecified atom stereocenters. The molecule has 0 aliphatic rings. The van der Waals surface area contributed by atoms with E-state index in [9.17, 15) is 8.78 Å². The van der Waals surface area contributed by atoms with E-state index in [0.717, 1.165) is 34.6 Å². The molecule has 29 heavy (non-hydrogen) atoms. The molecule has 7 heteroatoms. The molecular weight excluding hydrogens is 376 g/mol. The molecule has 4 aromatic rings. The summed E-state index contributed by atoms with van der Waals surface area (Å²) >= 11 is 0. The van der Waals surface area contributed by atoms with Crippen LogP contribution in [0.1, 0.15) is 0 Å². The second-order valence-electron chi connectivity index (χ2n) is 6.09. The van der Waals surface area contributed by atoms with Gasteiger partial charge in [0.15, 0.2) is 11.6 Å². The zero-order valence-electron chi connectivity index (χ0n) is 15.3. The van der Waals surface area contributed by atoms with Gasteiger partial charge in [0.05, 0.1) is 7.11 Å². The Kier molecular flexibility index (Phi) is 5.11. The summed E-state index contributed by atoms with van der Waals surface area (Å²) in [5, 5.41) is 8.35. The van der Waals surface area contributed by atoms with E-state index in [1.54, 1.807) is 25.6 Å². The smallest absolute Gasteiger partial charge is 0.239 e. The monoisotopic (exact) mass is 391 g/mol. The van der Waals surface area contributed by atoms with Crippen molar-refractivity contribution >= 4 is 0 Å². The van der Waals surface area contributed by atoms with Gasteiger partial charge in [-0.2, -0.15) is 0 Å². The van der Waals surface area contributed by atoms with Gasteiger partial charge in [-0.1, -0.05) is 0 Å². The highest BCUT2D eigenvalue weighted by Crippen LogP contribution is 2.34. The van der Waals surface area contributed by atoms with Crippen LogP contribution >= 0.6 is 0 Å². The maximum atomic E-state index is 13.9. The number of pyridine rings is 1. The lowest BCUT2D eigenvalue weighted by atomic mass is 10.0. The van der Waals surface area contributed by atoms with Crippen LogP contribution in [0.25, 0.3) is 22.4 Å². The van der Waals surface area contributed by atoms with Crippen LogP contribution in [0.15, 0.2) is 73.1 Å². The molecule has 2 aromatic heterocycles. The zero-order chi connectivity index (χ0) is 20.2. The molecule has 0 aliphatic heterocycles. The summed E-state index contributed by atoms with van der Waals surface area (Å²) in [5.74, 6) is -0.846. The number of methoxy groups -OCH3 is 1. The molecule has 0 aliphatic carbocycles. The van der Waals surface area contributed by atoms with Gasteiger partial charge in [-0.25, -0.2) is 8.78 Å². The first-order valence-corrected chi connectivity index (χ1v) is 8.69. The maximum absolute atomic E-state index is 13.9. The van der Waals surface area contributed by atoms with Gasteiger partial charge in [0.1, 0.15) is 17.3 Å². The average Bonchev–Trinajstić information content (AvgIpc) is 2.76. The van der Waals surface area contributed by atoms with Gasteiger partial charge >= 0.3 is 0 Å². The van der Waals surface area contributed by atoms with E-state index in [4.69, 9.17) is 9.47 Å². The van der Waals surface area contributed by atoms with Crippen LogP contribution in [-0.2, 0) is 0 Å². The van der Waals surface area contributed by atoms with E-state index in [2.05, 4.69) is 15.2 Å². The first kappa shape index (κ1) is 18.5. The van der Waals surface area contributed by atoms with Gasteiger partial charge in [-0.15, -0.1) is 10.2 Å². The summed E-state index contributed by atoms with van der Waals surface area (Å²) in [6.45, 7) is 0. The van der Waals surface area contributed by atoms with Crippen molar-refractivity contribution in [3.05, 3.63) is 84.7 Å². The van der Waals surface area contributed by atoms with Crippen molar-refractivity contribution < 1.29 is 18.3 Å². The molecule has 0 amide bonds. The van der Waals surface area contributed by atoms with Crippen LogP contribution in [0.3, 0.4) is 0 Å². The predicted octanol–water partition coefficient (Wildman–Crippen LogP) is 5.28. The van der Waals surface area contributed by atoms with Crippen molar-refractivity contribution in [1.29, 1.82) is 0 Å². The number of ether oxygens (including phenoxy) is 2. The Bertz CT molecular complexity index is 1140. The minimum atomic E-state index is -0.823. The van der Waals surface area contributed by atoms with E-state index in [0.29, 0.717) is 5.69 Å². The second kappa shape index (κ2) is 8.02. The molecule has 0 radical (unpaired) electrons. The standard InChI is InChI=1S/C22H15F2N3O2/c1-28-17-5-2-15(3-6-17)22-18(14-8-10-25-11-9-14)13-21(26-27-22)29-20-7-4-16(23)12-19(20)24/h2-13H,1H3. The van der Waals surface area contributed by atoms with Crippen molar-refractivity contribution in [2.24, 2.45) is 0 Å². The molecule has 0 bridgehead atoms. The number of hydrogen-bond acceptors (Lipinski definition) is 5. The Balaban J connectivity index is 1.77. The van der Waals surface area contributed by atoms with E-state index in [1.165, 1.54) is 6.07 Å². The third-order valence-electron chi connectivity index (χ3n) is 4.23. The zero-order valence-corrected chi connectivity index (χ0v) is 15.3. The molecule has 144 valence electrons. The Morgan fingerprint density at radius 2 is 1.55 bits per heavy atom. The summed E-state index contributed by atoms with van der Waals surface area (Å²) in [6, 6.07) is 15.8. The van der Waals surface area contributed by atoms with Crippen molar-refractivity contribution in [3.8, 4) is 39.8 Å². The van der Waals surface area contributed by atoms with Crippen molar-refractivity contribution in [3.63, 3.8) is 0 Å². The molecule has 0 atom stereocenters. The fourth-order valence-corrected chi connectivity index (χ4v) is 2.81. The highest BCUT2D eigenvalue weighted by Gasteiger charge is 2.14. The third-order valence-corrected chi connectivity index (χ3v) is 4.23. The van der Waals surface area contributed by atoms with E-state index in [-0.39, 0.29) is 11.6 Å². The minimum Gasteiger partial charge on any atom is -0.497 e. The topological polar surface area (TPSA) is 57.1 Å². The highest BCUT2D eigenvalue weighted by molar-refractivity contribution is 5.80. The van der Waals surface area contributed by atoms with Crippen LogP contribution in [0.2, 0.25) is 0 Å². The number of hydrogen-bond donors (Lipinski definition) is 0. The largest absolute Gasteiger partial charge is 0.497 e. The van der Waals surface area contributed by atoms with Gasteiger partial charge in [0.2, 0.25) is 5.88 Å². The normalized spacial score (nSPS) is 10.6. The Morgan fingerprint density at radius 3 is 2.24 bits per heavy atom. The highest BCUT2D eigenvalue weighted by atomic mass is 19.1. The number of nitrogens with zero attached hydrogens (tertiary/aromatic N) is 3. The SMILES string of the molecule is COc1ccc(-c2nnc(Oc3ccc(F)cc3F)cc2-c2ccncc2)cc1. The Labute approximate surface area is 165 Å². The van der Waals surface area contributed by atoms with E-state index >= 15 is 0 Å². The number of aromatic nitrogens is 3. The Hall–Kier alpha value is -3.87.